The molecule has 0 saturated carbocycles. The number of benzene rings is 4. The molecule has 2 unspecified atom stereocenters. The number of hydrogen-bond donors (Lipinski definition) is 1. The van der Waals surface area contributed by atoms with Crippen LogP contribution < -0.4 is 14.2 Å². The molecule has 9 heteroatoms. The fraction of sp³-hybridized carbons (Fsp3) is 0.220. The Morgan fingerprint density at radius 1 is 0.880 bits per heavy atom. The largest absolute Gasteiger partial charge is 0.497 e. The summed E-state index contributed by atoms with van der Waals surface area (Å²) in [5.41, 5.74) is 7.72. The molecular weight excluding hydrogens is 645 g/mol. The van der Waals surface area contributed by atoms with E-state index >= 15 is 0 Å². The highest BCUT2D eigenvalue weighted by Crippen LogP contribution is 2.35. The van der Waals surface area contributed by atoms with Crippen LogP contribution in [-0.4, -0.2) is 34.6 Å². The van der Waals surface area contributed by atoms with Crippen molar-refractivity contribution < 1.29 is 18.4 Å². The SMILES string of the molecule is COc1ccc(COCCc2c(C(Cc3ccncc3C#N)NS(=O)c3ccc(C)cc3)n(Cc3ccc(OC)cc3)c3ccccc23)cc1. The van der Waals surface area contributed by atoms with Crippen molar-refractivity contribution in [1.82, 2.24) is 14.3 Å². The Balaban J connectivity index is 1.44. The van der Waals surface area contributed by atoms with E-state index in [1.54, 1.807) is 26.6 Å². The van der Waals surface area contributed by atoms with Crippen molar-refractivity contribution in [3.05, 3.63) is 155 Å². The number of methoxy groups -OCH3 is 2. The lowest BCUT2D eigenvalue weighted by atomic mass is 9.97. The molecule has 0 bridgehead atoms. The minimum atomic E-state index is -1.55. The molecule has 0 aliphatic carbocycles. The third kappa shape index (κ3) is 8.12. The van der Waals surface area contributed by atoms with Crippen molar-refractivity contribution in [2.75, 3.05) is 20.8 Å². The summed E-state index contributed by atoms with van der Waals surface area (Å²) >= 11 is 0. The summed E-state index contributed by atoms with van der Waals surface area (Å²) in [6, 6.07) is 35.8. The summed E-state index contributed by atoms with van der Waals surface area (Å²) < 4.78 is 36.9. The second kappa shape index (κ2) is 16.4. The van der Waals surface area contributed by atoms with E-state index in [2.05, 4.69) is 50.7 Å². The van der Waals surface area contributed by atoms with Gasteiger partial charge in [0.05, 0.1) is 43.9 Å². The number of nitrogens with zero attached hydrogens (tertiary/aromatic N) is 3. The first-order valence-electron chi connectivity index (χ1n) is 16.5. The monoisotopic (exact) mass is 684 g/mol. The van der Waals surface area contributed by atoms with Gasteiger partial charge in [-0.25, -0.2) is 8.93 Å². The number of hydrogen-bond acceptors (Lipinski definition) is 6. The average Bonchev–Trinajstić information content (AvgIpc) is 3.46. The summed E-state index contributed by atoms with van der Waals surface area (Å²) in [6.45, 7) is 3.52. The molecule has 0 fully saturated rings. The van der Waals surface area contributed by atoms with Crippen LogP contribution >= 0.6 is 0 Å². The van der Waals surface area contributed by atoms with Gasteiger partial charge in [0.1, 0.15) is 28.6 Å². The van der Waals surface area contributed by atoms with E-state index in [1.807, 2.05) is 79.7 Å². The lowest BCUT2D eigenvalue weighted by molar-refractivity contribution is 0.124. The van der Waals surface area contributed by atoms with Crippen molar-refractivity contribution in [1.29, 1.82) is 5.26 Å². The van der Waals surface area contributed by atoms with Crippen molar-refractivity contribution >= 4 is 21.9 Å². The number of ether oxygens (including phenoxy) is 3. The van der Waals surface area contributed by atoms with E-state index in [0.29, 0.717) is 43.1 Å². The zero-order valence-corrected chi connectivity index (χ0v) is 29.3. The predicted octanol–water partition coefficient (Wildman–Crippen LogP) is 7.64. The number of nitriles is 1. The number of aryl methyl sites for hydroxylation is 1. The normalized spacial score (nSPS) is 12.4. The molecule has 2 aromatic heterocycles. The Morgan fingerprint density at radius 2 is 1.56 bits per heavy atom. The highest BCUT2D eigenvalue weighted by molar-refractivity contribution is 7.83. The number of nitrogens with one attached hydrogen (secondary N) is 1. The Morgan fingerprint density at radius 3 is 2.24 bits per heavy atom. The molecule has 8 nitrogen and oxygen atoms in total. The maximum atomic E-state index is 14.1. The molecule has 0 aliphatic rings. The van der Waals surface area contributed by atoms with Gasteiger partial charge in [-0.15, -0.1) is 0 Å². The van der Waals surface area contributed by atoms with Gasteiger partial charge in [0.15, 0.2) is 0 Å². The van der Waals surface area contributed by atoms with Gasteiger partial charge in [0, 0.05) is 35.5 Å². The number of aromatic nitrogens is 2. The van der Waals surface area contributed by atoms with Crippen molar-refractivity contribution in [2.24, 2.45) is 0 Å². The predicted molar refractivity (Wildman–Crippen MR) is 197 cm³/mol. The standard InChI is InChI=1S/C41H40N4O4S/c1-29-8-18-36(19-9-29)50(46)44-39(24-32-20-22-43-26-33(32)25-42)41-38(21-23-49-28-31-12-16-35(48-3)17-13-31)37-6-4-5-7-40(37)45(41)27-30-10-14-34(47-2)15-11-30/h4-20,22,26,39,44H,21,23-24,27-28H2,1-3H3. The van der Waals surface area contributed by atoms with E-state index in [4.69, 9.17) is 14.2 Å². The van der Waals surface area contributed by atoms with Crippen LogP contribution in [0, 0.1) is 18.3 Å². The quantitative estimate of drug-likeness (QED) is 0.112. The summed E-state index contributed by atoms with van der Waals surface area (Å²) in [7, 11) is 1.77. The summed E-state index contributed by atoms with van der Waals surface area (Å²) in [5, 5.41) is 11.1. The number of para-hydroxylation sites is 1. The van der Waals surface area contributed by atoms with Crippen LogP contribution in [0.2, 0.25) is 0 Å². The second-order valence-electron chi connectivity index (χ2n) is 12.1. The first-order valence-corrected chi connectivity index (χ1v) is 17.6. The highest BCUT2D eigenvalue weighted by Gasteiger charge is 2.27. The van der Waals surface area contributed by atoms with Crippen molar-refractivity contribution in [3.63, 3.8) is 0 Å². The van der Waals surface area contributed by atoms with Crippen molar-refractivity contribution in [2.45, 2.75) is 43.9 Å². The second-order valence-corrected chi connectivity index (χ2v) is 13.3. The minimum Gasteiger partial charge on any atom is -0.497 e. The van der Waals surface area contributed by atoms with E-state index in [1.165, 1.54) is 0 Å². The van der Waals surface area contributed by atoms with Crippen LogP contribution in [0.5, 0.6) is 11.5 Å². The molecular formula is C41H40N4O4S. The van der Waals surface area contributed by atoms with E-state index in [-0.39, 0.29) is 0 Å². The highest BCUT2D eigenvalue weighted by atomic mass is 32.2. The van der Waals surface area contributed by atoms with E-state index in [0.717, 1.165) is 55.9 Å². The van der Waals surface area contributed by atoms with Gasteiger partial charge in [-0.1, -0.05) is 60.2 Å². The maximum absolute atomic E-state index is 14.1. The molecule has 2 atom stereocenters. The molecule has 0 radical (unpaired) electrons. The summed E-state index contributed by atoms with van der Waals surface area (Å²) in [5.74, 6) is 1.59. The topological polar surface area (TPSA) is 98.4 Å². The fourth-order valence-electron chi connectivity index (χ4n) is 6.20. The lowest BCUT2D eigenvalue weighted by Gasteiger charge is -2.24. The molecule has 0 aliphatic heterocycles. The van der Waals surface area contributed by atoms with E-state index in [9.17, 15) is 9.47 Å². The fourth-order valence-corrected chi connectivity index (χ4v) is 7.17. The Labute approximate surface area is 295 Å². The molecule has 0 spiro atoms. The van der Waals surface area contributed by atoms with Gasteiger partial charge in [-0.2, -0.15) is 5.26 Å². The molecule has 6 aromatic rings. The van der Waals surface area contributed by atoms with Crippen LogP contribution in [0.3, 0.4) is 0 Å². The maximum Gasteiger partial charge on any atom is 0.125 e. The van der Waals surface area contributed by atoms with Crippen LogP contribution in [-0.2, 0) is 41.7 Å². The summed E-state index contributed by atoms with van der Waals surface area (Å²) in [6.07, 6.45) is 4.33. The van der Waals surface area contributed by atoms with Crippen LogP contribution in [0.4, 0.5) is 0 Å². The van der Waals surface area contributed by atoms with Gasteiger partial charge in [-0.05, 0) is 90.6 Å². The smallest absolute Gasteiger partial charge is 0.125 e. The molecule has 254 valence electrons. The Hall–Kier alpha value is -5.27. The molecule has 50 heavy (non-hydrogen) atoms. The van der Waals surface area contributed by atoms with Gasteiger partial charge >= 0.3 is 0 Å². The third-order valence-electron chi connectivity index (χ3n) is 8.81. The molecule has 1 N–H and O–H groups in total. The van der Waals surface area contributed by atoms with Crippen LogP contribution in [0.15, 0.2) is 120 Å². The number of rotatable bonds is 15. The van der Waals surface area contributed by atoms with Gasteiger partial charge in [0.2, 0.25) is 0 Å². The number of fused-ring (bicyclic) bond motifs is 1. The zero-order chi connectivity index (χ0) is 34.9. The Kier molecular flexibility index (Phi) is 11.4. The first-order chi connectivity index (χ1) is 24.5. The first kappa shape index (κ1) is 34.6. The molecule has 2 heterocycles. The number of pyridine rings is 1. The van der Waals surface area contributed by atoms with Crippen LogP contribution in [0.1, 0.15) is 45.1 Å². The minimum absolute atomic E-state index is 0.418. The van der Waals surface area contributed by atoms with Gasteiger partial charge < -0.3 is 18.8 Å². The van der Waals surface area contributed by atoms with Crippen LogP contribution in [0.25, 0.3) is 10.9 Å². The lowest BCUT2D eigenvalue weighted by Crippen LogP contribution is -2.29. The molecule has 6 rings (SSSR count). The van der Waals surface area contributed by atoms with Gasteiger partial charge in [0.25, 0.3) is 0 Å². The van der Waals surface area contributed by atoms with E-state index < -0.39 is 17.0 Å². The average molecular weight is 685 g/mol. The third-order valence-corrected chi connectivity index (χ3v) is 10.0. The van der Waals surface area contributed by atoms with Gasteiger partial charge in [-0.3, -0.25) is 4.98 Å². The molecule has 0 saturated heterocycles. The zero-order valence-electron chi connectivity index (χ0n) is 28.5. The van der Waals surface area contributed by atoms with Crippen molar-refractivity contribution in [3.8, 4) is 17.6 Å². The molecule has 4 aromatic carbocycles. The summed E-state index contributed by atoms with van der Waals surface area (Å²) in [4.78, 5) is 4.87. The molecule has 0 amide bonds. The Bertz CT molecular complexity index is 2100.